The average molecular weight is 302 g/mol. The summed E-state index contributed by atoms with van der Waals surface area (Å²) in [5.74, 6) is 0.321. The Bertz CT molecular complexity index is 743. The molecule has 2 heterocycles. The minimum atomic E-state index is -1.66. The molecule has 0 bridgehead atoms. The first-order chi connectivity index (χ1) is 10.1. The lowest BCUT2D eigenvalue weighted by molar-refractivity contribution is 0.425. The molecule has 0 aliphatic rings. The number of hydrogen-bond donors (Lipinski definition) is 2. The van der Waals surface area contributed by atoms with Gasteiger partial charge < -0.3 is 14.6 Å². The third-order valence-corrected chi connectivity index (χ3v) is 4.04. The Labute approximate surface area is 125 Å². The quantitative estimate of drug-likeness (QED) is 0.718. The van der Waals surface area contributed by atoms with E-state index in [0.29, 0.717) is 12.1 Å². The molecule has 21 heavy (non-hydrogen) atoms. The Morgan fingerprint density at radius 2 is 2.14 bits per heavy atom. The van der Waals surface area contributed by atoms with E-state index in [2.05, 4.69) is 4.98 Å². The molecule has 7 heteroatoms. The summed E-state index contributed by atoms with van der Waals surface area (Å²) in [7, 11) is -1.66. The highest BCUT2D eigenvalue weighted by molar-refractivity contribution is 7.13. The molecule has 4 nitrogen and oxygen atoms in total. The van der Waals surface area contributed by atoms with Crippen molar-refractivity contribution in [1.82, 2.24) is 9.55 Å². The maximum absolute atomic E-state index is 14.0. The van der Waals surface area contributed by atoms with E-state index in [1.165, 1.54) is 6.07 Å². The predicted octanol–water partition coefficient (Wildman–Crippen LogP) is 1.48. The second-order valence-corrected chi connectivity index (χ2v) is 5.53. The minimum Gasteiger partial charge on any atom is -0.423 e. The van der Waals surface area contributed by atoms with Crippen LogP contribution in [0.25, 0.3) is 10.7 Å². The maximum Gasteiger partial charge on any atom is 0.488 e. The van der Waals surface area contributed by atoms with Gasteiger partial charge in [0.05, 0.1) is 11.4 Å². The van der Waals surface area contributed by atoms with Gasteiger partial charge in [0.2, 0.25) is 0 Å². The standard InChI is InChI=1S/C14H12BFN2O2S/c16-12-8-11(15(19)20)4-3-10(12)9-18-6-5-17-14(18)13-2-1-7-21-13/h1-8,19-20H,9H2. The number of hydrogen-bond acceptors (Lipinski definition) is 4. The van der Waals surface area contributed by atoms with Gasteiger partial charge in [-0.2, -0.15) is 0 Å². The van der Waals surface area contributed by atoms with E-state index < -0.39 is 12.9 Å². The van der Waals surface area contributed by atoms with Crippen LogP contribution < -0.4 is 5.46 Å². The first-order valence-electron chi connectivity index (χ1n) is 6.34. The van der Waals surface area contributed by atoms with Crippen LogP contribution in [0.1, 0.15) is 5.56 Å². The van der Waals surface area contributed by atoms with E-state index in [0.717, 1.165) is 16.8 Å². The van der Waals surface area contributed by atoms with Crippen molar-refractivity contribution in [3.05, 3.63) is 59.5 Å². The van der Waals surface area contributed by atoms with Crippen molar-refractivity contribution < 1.29 is 14.4 Å². The summed E-state index contributed by atoms with van der Waals surface area (Å²) in [6, 6.07) is 8.11. The van der Waals surface area contributed by atoms with Crippen LogP contribution in [0, 0.1) is 5.82 Å². The molecule has 2 N–H and O–H groups in total. The van der Waals surface area contributed by atoms with Crippen molar-refractivity contribution in [1.29, 1.82) is 0 Å². The van der Waals surface area contributed by atoms with E-state index in [1.54, 1.807) is 29.8 Å². The molecule has 106 valence electrons. The van der Waals surface area contributed by atoms with Crippen molar-refractivity contribution in [2.45, 2.75) is 6.54 Å². The first-order valence-corrected chi connectivity index (χ1v) is 7.22. The number of aromatic nitrogens is 2. The van der Waals surface area contributed by atoms with Crippen LogP contribution in [0.5, 0.6) is 0 Å². The molecule has 0 amide bonds. The molecular weight excluding hydrogens is 290 g/mol. The second kappa shape index (κ2) is 5.81. The van der Waals surface area contributed by atoms with Crippen LogP contribution in [0.15, 0.2) is 48.1 Å². The van der Waals surface area contributed by atoms with Crippen molar-refractivity contribution in [3.63, 3.8) is 0 Å². The summed E-state index contributed by atoms with van der Waals surface area (Å²) < 4.78 is 15.9. The van der Waals surface area contributed by atoms with Crippen LogP contribution in [-0.2, 0) is 6.54 Å². The number of imidazole rings is 1. The zero-order chi connectivity index (χ0) is 14.8. The Hall–Kier alpha value is -1.96. The van der Waals surface area contributed by atoms with Gasteiger partial charge in [-0.3, -0.25) is 0 Å². The molecule has 0 fully saturated rings. The number of rotatable bonds is 4. The van der Waals surface area contributed by atoms with E-state index >= 15 is 0 Å². The molecule has 1 aromatic carbocycles. The highest BCUT2D eigenvalue weighted by Crippen LogP contribution is 2.23. The smallest absolute Gasteiger partial charge is 0.423 e. The van der Waals surface area contributed by atoms with Crippen LogP contribution in [0.4, 0.5) is 4.39 Å². The van der Waals surface area contributed by atoms with Crippen molar-refractivity contribution in [2.24, 2.45) is 0 Å². The molecule has 0 saturated carbocycles. The van der Waals surface area contributed by atoms with Gasteiger partial charge in [0.15, 0.2) is 0 Å². The highest BCUT2D eigenvalue weighted by Gasteiger charge is 2.14. The Morgan fingerprint density at radius 3 is 2.81 bits per heavy atom. The fourth-order valence-corrected chi connectivity index (χ4v) is 2.84. The predicted molar refractivity (Wildman–Crippen MR) is 80.9 cm³/mol. The highest BCUT2D eigenvalue weighted by atomic mass is 32.1. The lowest BCUT2D eigenvalue weighted by atomic mass is 9.80. The molecule has 2 aromatic heterocycles. The molecule has 3 aromatic rings. The monoisotopic (exact) mass is 302 g/mol. The topological polar surface area (TPSA) is 58.3 Å². The van der Waals surface area contributed by atoms with Crippen molar-refractivity contribution in [2.75, 3.05) is 0 Å². The molecule has 3 rings (SSSR count). The van der Waals surface area contributed by atoms with E-state index in [9.17, 15) is 4.39 Å². The molecular formula is C14H12BFN2O2S. The van der Waals surface area contributed by atoms with Crippen LogP contribution >= 0.6 is 11.3 Å². The van der Waals surface area contributed by atoms with Gasteiger partial charge in [0, 0.05) is 18.0 Å². The van der Waals surface area contributed by atoms with Crippen molar-refractivity contribution >= 4 is 23.9 Å². The second-order valence-electron chi connectivity index (χ2n) is 4.58. The zero-order valence-corrected chi connectivity index (χ0v) is 11.8. The van der Waals surface area contributed by atoms with Crippen LogP contribution in [-0.4, -0.2) is 26.7 Å². The molecule has 0 atom stereocenters. The van der Waals surface area contributed by atoms with Gasteiger partial charge in [-0.25, -0.2) is 9.37 Å². The largest absolute Gasteiger partial charge is 0.488 e. The fraction of sp³-hybridized carbons (Fsp3) is 0.0714. The third kappa shape index (κ3) is 2.90. The normalized spacial score (nSPS) is 10.8. The summed E-state index contributed by atoms with van der Waals surface area (Å²) in [4.78, 5) is 5.32. The van der Waals surface area contributed by atoms with Crippen LogP contribution in [0.2, 0.25) is 0 Å². The SMILES string of the molecule is OB(O)c1ccc(Cn2ccnc2-c2cccs2)c(F)c1. The summed E-state index contributed by atoms with van der Waals surface area (Å²) in [6.45, 7) is 0.334. The van der Waals surface area contributed by atoms with Gasteiger partial charge >= 0.3 is 7.12 Å². The molecule has 0 aliphatic heterocycles. The molecule has 0 saturated heterocycles. The third-order valence-electron chi connectivity index (χ3n) is 3.17. The zero-order valence-electron chi connectivity index (χ0n) is 11.0. The average Bonchev–Trinajstić information content (AvgIpc) is 3.11. The fourth-order valence-electron chi connectivity index (χ4n) is 2.10. The van der Waals surface area contributed by atoms with Crippen LogP contribution in [0.3, 0.4) is 0 Å². The summed E-state index contributed by atoms with van der Waals surface area (Å²) in [6.07, 6.45) is 3.47. The van der Waals surface area contributed by atoms with Gasteiger partial charge in [-0.15, -0.1) is 11.3 Å². The first kappa shape index (κ1) is 14.0. The molecule has 0 aliphatic carbocycles. The number of halogens is 1. The van der Waals surface area contributed by atoms with Crippen molar-refractivity contribution in [3.8, 4) is 10.7 Å². The molecule has 0 radical (unpaired) electrons. The number of benzene rings is 1. The van der Waals surface area contributed by atoms with Gasteiger partial charge in [0.1, 0.15) is 11.6 Å². The van der Waals surface area contributed by atoms with Gasteiger partial charge in [0.25, 0.3) is 0 Å². The molecule has 0 spiro atoms. The van der Waals surface area contributed by atoms with Gasteiger partial charge in [-0.05, 0) is 23.0 Å². The van der Waals surface area contributed by atoms with E-state index in [-0.39, 0.29) is 5.46 Å². The minimum absolute atomic E-state index is 0.139. The molecule has 0 unspecified atom stereocenters. The lowest BCUT2D eigenvalue weighted by Crippen LogP contribution is -2.30. The Morgan fingerprint density at radius 1 is 1.29 bits per heavy atom. The summed E-state index contributed by atoms with van der Waals surface area (Å²) >= 11 is 1.57. The Kier molecular flexibility index (Phi) is 3.87. The Balaban J connectivity index is 1.90. The number of nitrogens with zero attached hydrogens (tertiary/aromatic N) is 2. The number of thiophene rings is 1. The maximum atomic E-state index is 14.0. The van der Waals surface area contributed by atoms with E-state index in [4.69, 9.17) is 10.0 Å². The summed E-state index contributed by atoms with van der Waals surface area (Å²) in [5.41, 5.74) is 0.607. The van der Waals surface area contributed by atoms with E-state index in [1.807, 2.05) is 22.1 Å². The summed E-state index contributed by atoms with van der Waals surface area (Å²) in [5, 5.41) is 20.0. The van der Waals surface area contributed by atoms with Gasteiger partial charge in [-0.1, -0.05) is 18.2 Å². The lowest BCUT2D eigenvalue weighted by Gasteiger charge is -2.09.